The SMILES string of the molecule is CCN(CC)S(=O)(=O)C[C@]12CC[C@H](C[C@H]1OC(=O)[C@]1(n3cnc4ccccc43)CN1)C2(C)C. The van der Waals surface area contributed by atoms with E-state index in [1.54, 1.807) is 6.33 Å². The summed E-state index contributed by atoms with van der Waals surface area (Å²) >= 11 is 0. The monoisotopic (exact) mass is 474 g/mol. The Labute approximate surface area is 195 Å². The quantitative estimate of drug-likeness (QED) is 0.466. The van der Waals surface area contributed by atoms with E-state index < -0.39 is 27.2 Å². The Morgan fingerprint density at radius 3 is 2.61 bits per heavy atom. The van der Waals surface area contributed by atoms with Gasteiger partial charge < -0.3 is 9.30 Å². The van der Waals surface area contributed by atoms with Gasteiger partial charge in [0.2, 0.25) is 15.7 Å². The molecule has 1 aliphatic heterocycles. The first-order chi connectivity index (χ1) is 15.6. The van der Waals surface area contributed by atoms with Crippen LogP contribution in [0.15, 0.2) is 30.6 Å². The molecule has 2 aliphatic carbocycles. The van der Waals surface area contributed by atoms with E-state index >= 15 is 0 Å². The molecule has 1 N–H and O–H groups in total. The van der Waals surface area contributed by atoms with Gasteiger partial charge >= 0.3 is 5.97 Å². The zero-order valence-corrected chi connectivity index (χ0v) is 20.7. The normalized spacial score (nSPS) is 32.5. The minimum Gasteiger partial charge on any atom is -0.459 e. The molecule has 1 aromatic carbocycles. The molecule has 1 aromatic heterocycles. The van der Waals surface area contributed by atoms with Crippen molar-refractivity contribution in [3.63, 3.8) is 0 Å². The Balaban J connectivity index is 1.45. The number of benzene rings is 1. The van der Waals surface area contributed by atoms with Crippen LogP contribution in [0.25, 0.3) is 11.0 Å². The van der Waals surface area contributed by atoms with E-state index in [1.165, 1.54) is 4.31 Å². The number of nitrogens with one attached hydrogen (secondary N) is 1. The van der Waals surface area contributed by atoms with Crippen molar-refractivity contribution in [2.24, 2.45) is 16.7 Å². The topological polar surface area (TPSA) is 103 Å². The maximum atomic E-state index is 13.6. The van der Waals surface area contributed by atoms with Gasteiger partial charge in [-0.25, -0.2) is 22.5 Å². The van der Waals surface area contributed by atoms with Gasteiger partial charge in [0.1, 0.15) is 6.10 Å². The molecule has 2 bridgehead atoms. The second kappa shape index (κ2) is 7.52. The number of carbonyl (C=O) groups excluding carboxylic acids is 1. The highest BCUT2D eigenvalue weighted by atomic mass is 32.2. The van der Waals surface area contributed by atoms with Gasteiger partial charge in [-0.15, -0.1) is 0 Å². The predicted octanol–water partition coefficient (Wildman–Crippen LogP) is 2.70. The zero-order chi connectivity index (χ0) is 23.6. The van der Waals surface area contributed by atoms with Crippen LogP contribution in [-0.4, -0.2) is 59.7 Å². The van der Waals surface area contributed by atoms with Gasteiger partial charge in [-0.2, -0.15) is 0 Å². The van der Waals surface area contributed by atoms with Gasteiger partial charge in [0.25, 0.3) is 0 Å². The molecular weight excluding hydrogens is 440 g/mol. The van der Waals surface area contributed by atoms with Crippen molar-refractivity contribution < 1.29 is 17.9 Å². The Morgan fingerprint density at radius 2 is 1.97 bits per heavy atom. The fourth-order valence-corrected chi connectivity index (χ4v) is 8.85. The number of aromatic nitrogens is 2. The third-order valence-electron chi connectivity index (χ3n) is 8.86. The molecular formula is C24H34N4O4S. The second-order valence-corrected chi connectivity index (χ2v) is 12.4. The van der Waals surface area contributed by atoms with Gasteiger partial charge in [-0.1, -0.05) is 39.8 Å². The summed E-state index contributed by atoms with van der Waals surface area (Å²) in [5, 5.41) is 3.20. The molecule has 3 fully saturated rings. The standard InChI is InChI=1S/C24H34N4O4S/c1-5-27(6-2)33(30,31)15-23-12-11-17(22(23,3)4)13-20(23)32-21(29)24(14-26-24)28-16-25-18-9-7-8-10-19(18)28/h7-10,16-17,20,26H,5-6,11-15H2,1-4H3/t17-,20-,23-,24-/m1/s1. The molecule has 2 heterocycles. The lowest BCUT2D eigenvalue weighted by atomic mass is 9.69. The lowest BCUT2D eigenvalue weighted by molar-refractivity contribution is -0.162. The third kappa shape index (κ3) is 3.19. The van der Waals surface area contributed by atoms with E-state index in [-0.39, 0.29) is 17.1 Å². The van der Waals surface area contributed by atoms with E-state index in [4.69, 9.17) is 4.74 Å². The van der Waals surface area contributed by atoms with Crippen LogP contribution in [0.5, 0.6) is 0 Å². The number of hydrogen-bond acceptors (Lipinski definition) is 6. The predicted molar refractivity (Wildman–Crippen MR) is 126 cm³/mol. The second-order valence-electron chi connectivity index (χ2n) is 10.4. The van der Waals surface area contributed by atoms with E-state index in [1.807, 2.05) is 42.7 Å². The summed E-state index contributed by atoms with van der Waals surface area (Å²) in [6, 6.07) is 7.70. The van der Waals surface area contributed by atoms with Crippen LogP contribution in [0.1, 0.15) is 47.0 Å². The summed E-state index contributed by atoms with van der Waals surface area (Å²) < 4.78 is 36.3. The van der Waals surface area contributed by atoms with Crippen LogP contribution in [0.3, 0.4) is 0 Å². The molecule has 180 valence electrons. The molecule has 0 amide bonds. The van der Waals surface area contributed by atoms with E-state index in [0.29, 0.717) is 32.0 Å². The first-order valence-electron chi connectivity index (χ1n) is 12.0. The zero-order valence-electron chi connectivity index (χ0n) is 19.9. The van der Waals surface area contributed by atoms with Gasteiger partial charge in [-0.05, 0) is 42.7 Å². The van der Waals surface area contributed by atoms with Crippen LogP contribution < -0.4 is 5.32 Å². The number of esters is 1. The molecule has 2 aromatic rings. The summed E-state index contributed by atoms with van der Waals surface area (Å²) in [5.41, 5.74) is -0.0832. The number of carbonyl (C=O) groups is 1. The van der Waals surface area contributed by atoms with Crippen LogP contribution in [0, 0.1) is 16.7 Å². The summed E-state index contributed by atoms with van der Waals surface area (Å²) in [7, 11) is -3.47. The summed E-state index contributed by atoms with van der Waals surface area (Å²) in [5.74, 6) is 0.0235. The van der Waals surface area contributed by atoms with Crippen molar-refractivity contribution in [3.05, 3.63) is 30.6 Å². The minimum absolute atomic E-state index is 0.0254. The highest BCUT2D eigenvalue weighted by molar-refractivity contribution is 7.89. The van der Waals surface area contributed by atoms with Crippen molar-refractivity contribution in [3.8, 4) is 0 Å². The lowest BCUT2D eigenvalue weighted by Crippen LogP contribution is -2.50. The molecule has 1 saturated heterocycles. The number of fused-ring (bicyclic) bond motifs is 3. The lowest BCUT2D eigenvalue weighted by Gasteiger charge is -2.42. The largest absolute Gasteiger partial charge is 0.459 e. The van der Waals surface area contributed by atoms with E-state index in [9.17, 15) is 13.2 Å². The number of rotatable bonds is 8. The third-order valence-corrected chi connectivity index (χ3v) is 11.0. The van der Waals surface area contributed by atoms with Crippen LogP contribution in [0.2, 0.25) is 0 Å². The van der Waals surface area contributed by atoms with Gasteiger partial charge in [-0.3, -0.25) is 5.32 Å². The average molecular weight is 475 g/mol. The number of imidazole rings is 1. The van der Waals surface area contributed by atoms with Crippen molar-refractivity contribution >= 4 is 27.0 Å². The van der Waals surface area contributed by atoms with E-state index in [2.05, 4.69) is 24.1 Å². The Hall–Kier alpha value is -1.97. The Kier molecular flexibility index (Phi) is 5.19. The minimum atomic E-state index is -3.47. The number of nitrogens with zero attached hydrogens (tertiary/aromatic N) is 3. The molecule has 0 radical (unpaired) electrons. The fraction of sp³-hybridized carbons (Fsp3) is 0.667. The van der Waals surface area contributed by atoms with Crippen molar-refractivity contribution in [2.45, 2.75) is 58.7 Å². The fourth-order valence-electron chi connectivity index (χ4n) is 6.53. The molecule has 33 heavy (non-hydrogen) atoms. The Bertz CT molecular complexity index is 1180. The highest BCUT2D eigenvalue weighted by Gasteiger charge is 2.68. The van der Waals surface area contributed by atoms with Crippen LogP contribution in [-0.2, 0) is 25.2 Å². The maximum Gasteiger partial charge on any atom is 0.349 e. The van der Waals surface area contributed by atoms with Crippen molar-refractivity contribution in [2.75, 3.05) is 25.4 Å². The summed E-state index contributed by atoms with van der Waals surface area (Å²) in [6.45, 7) is 9.41. The van der Waals surface area contributed by atoms with Crippen LogP contribution >= 0.6 is 0 Å². The number of hydrogen-bond donors (Lipinski definition) is 1. The molecule has 8 nitrogen and oxygen atoms in total. The maximum absolute atomic E-state index is 13.6. The highest BCUT2D eigenvalue weighted by Crippen LogP contribution is 2.67. The van der Waals surface area contributed by atoms with E-state index in [0.717, 1.165) is 23.9 Å². The number of ether oxygens (including phenoxy) is 1. The van der Waals surface area contributed by atoms with Crippen molar-refractivity contribution in [1.82, 2.24) is 19.2 Å². The molecule has 4 atom stereocenters. The number of para-hydroxylation sites is 2. The molecule has 9 heteroatoms. The van der Waals surface area contributed by atoms with Gasteiger partial charge in [0.15, 0.2) is 0 Å². The van der Waals surface area contributed by atoms with Crippen LogP contribution in [0.4, 0.5) is 0 Å². The molecule has 5 rings (SSSR count). The smallest absolute Gasteiger partial charge is 0.349 e. The van der Waals surface area contributed by atoms with Gasteiger partial charge in [0, 0.05) is 25.0 Å². The van der Waals surface area contributed by atoms with Gasteiger partial charge in [0.05, 0.1) is 23.1 Å². The molecule has 0 spiro atoms. The summed E-state index contributed by atoms with van der Waals surface area (Å²) in [4.78, 5) is 18.0. The molecule has 3 aliphatic rings. The first kappa shape index (κ1) is 22.8. The molecule has 0 unspecified atom stereocenters. The summed E-state index contributed by atoms with van der Waals surface area (Å²) in [6.07, 6.45) is 3.71. The molecule has 2 saturated carbocycles. The van der Waals surface area contributed by atoms with Crippen molar-refractivity contribution in [1.29, 1.82) is 0 Å². The Morgan fingerprint density at radius 1 is 1.27 bits per heavy atom. The number of sulfonamides is 1. The average Bonchev–Trinajstić information content (AvgIpc) is 3.35. The first-order valence-corrected chi connectivity index (χ1v) is 13.6.